The second-order valence-corrected chi connectivity index (χ2v) is 15.9. The molecule has 3 aromatic rings. The van der Waals surface area contributed by atoms with Crippen LogP contribution in [0.5, 0.6) is 0 Å². The van der Waals surface area contributed by atoms with Gasteiger partial charge in [0, 0.05) is 59.3 Å². The molecule has 0 aliphatic carbocycles. The number of aromatic amines is 1. The first-order chi connectivity index (χ1) is 24.3. The lowest BCUT2D eigenvalue weighted by molar-refractivity contribution is -0.137. The number of imidazole rings is 1. The molecule has 3 aliphatic heterocycles. The molecule has 276 valence electrons. The molecular formula is C36H44Br2F3N7O3. The molecule has 2 aromatic carbocycles. The van der Waals surface area contributed by atoms with Crippen LogP contribution in [-0.2, 0) is 17.4 Å². The minimum atomic E-state index is -4.50. The van der Waals surface area contributed by atoms with E-state index in [-0.39, 0.29) is 30.0 Å². The highest BCUT2D eigenvalue weighted by Crippen LogP contribution is 2.34. The van der Waals surface area contributed by atoms with E-state index in [4.69, 9.17) is 5.73 Å². The largest absolute Gasteiger partial charge is 0.416 e. The SMILES string of the molecule is CN1CCC(C2CCN(C(=O)[C@@H](Cc3cc(Br)c(N)c(Br)c3)NC(=O)N3CCC(n4cc(-c5cccc(C(F)(F)F)c5)[nH]c4=O)CC3)CC2)CC1. The van der Waals surface area contributed by atoms with Crippen molar-refractivity contribution in [1.82, 2.24) is 29.6 Å². The van der Waals surface area contributed by atoms with Crippen molar-refractivity contribution in [2.75, 3.05) is 52.0 Å². The first-order valence-electron chi connectivity index (χ1n) is 17.5. The van der Waals surface area contributed by atoms with Crippen molar-refractivity contribution >= 4 is 49.5 Å². The van der Waals surface area contributed by atoms with Crippen LogP contribution in [-0.4, -0.2) is 88.5 Å². The number of rotatable bonds is 7. The Labute approximate surface area is 312 Å². The smallest absolute Gasteiger partial charge is 0.397 e. The third kappa shape index (κ3) is 8.85. The zero-order valence-corrected chi connectivity index (χ0v) is 31.7. The Morgan fingerprint density at radius 2 is 1.51 bits per heavy atom. The summed E-state index contributed by atoms with van der Waals surface area (Å²) in [6, 6.07) is 7.18. The van der Waals surface area contributed by atoms with E-state index in [9.17, 15) is 27.6 Å². The number of piperidine rings is 3. The molecule has 51 heavy (non-hydrogen) atoms. The van der Waals surface area contributed by atoms with Gasteiger partial charge in [0.25, 0.3) is 0 Å². The van der Waals surface area contributed by atoms with Gasteiger partial charge < -0.3 is 30.7 Å². The highest BCUT2D eigenvalue weighted by atomic mass is 79.9. The standard InChI is InChI=1S/C36H44Br2F3N7O3/c1-45-11-5-23(6-12-45)24-7-13-46(14-8-24)33(49)30(19-22-17-28(37)32(42)29(38)18-22)43-34(50)47-15-9-27(10-16-47)48-21-31(44-35(48)51)25-3-2-4-26(20-25)36(39,40)41/h2-4,17-18,20-21,23-24,27,30H,5-16,19,42H2,1H3,(H,43,50)(H,44,51)/t30-/m1/s1. The number of likely N-dealkylation sites (tertiary alicyclic amines) is 3. The summed E-state index contributed by atoms with van der Waals surface area (Å²) >= 11 is 6.99. The number of nitrogens with zero attached hydrogens (tertiary/aromatic N) is 4. The second-order valence-electron chi connectivity index (χ2n) is 14.2. The van der Waals surface area contributed by atoms with Crippen LogP contribution in [0.2, 0.25) is 0 Å². The summed E-state index contributed by atoms with van der Waals surface area (Å²) in [7, 11) is 2.16. The van der Waals surface area contributed by atoms with Crippen molar-refractivity contribution < 1.29 is 22.8 Å². The molecule has 6 rings (SSSR count). The number of amides is 3. The fourth-order valence-corrected chi connectivity index (χ4v) is 9.06. The molecule has 15 heteroatoms. The lowest BCUT2D eigenvalue weighted by Gasteiger charge is -2.40. The van der Waals surface area contributed by atoms with Crippen LogP contribution in [0.4, 0.5) is 23.7 Å². The van der Waals surface area contributed by atoms with Crippen molar-refractivity contribution in [3.05, 3.63) is 73.2 Å². The molecule has 3 fully saturated rings. The number of hydrogen-bond donors (Lipinski definition) is 3. The van der Waals surface area contributed by atoms with Crippen LogP contribution < -0.4 is 16.7 Å². The van der Waals surface area contributed by atoms with E-state index in [1.807, 2.05) is 17.0 Å². The molecule has 1 aromatic heterocycles. The van der Waals surface area contributed by atoms with Crippen molar-refractivity contribution in [3.8, 4) is 11.3 Å². The average Bonchev–Trinajstić information content (AvgIpc) is 3.51. The van der Waals surface area contributed by atoms with Gasteiger partial charge in [-0.15, -0.1) is 0 Å². The Morgan fingerprint density at radius 3 is 2.12 bits per heavy atom. The van der Waals surface area contributed by atoms with Crippen molar-refractivity contribution in [1.29, 1.82) is 0 Å². The quantitative estimate of drug-likeness (QED) is 0.235. The molecule has 3 amide bonds. The monoisotopic (exact) mass is 837 g/mol. The van der Waals surface area contributed by atoms with Gasteiger partial charge in [-0.05, 0) is 132 Å². The number of nitrogens with one attached hydrogen (secondary N) is 2. The van der Waals surface area contributed by atoms with E-state index in [0.717, 1.165) is 43.6 Å². The van der Waals surface area contributed by atoms with Gasteiger partial charge in [-0.3, -0.25) is 9.36 Å². The van der Waals surface area contributed by atoms with E-state index in [1.165, 1.54) is 29.5 Å². The molecule has 0 unspecified atom stereocenters. The molecule has 1 atom stereocenters. The molecule has 3 saturated heterocycles. The zero-order valence-electron chi connectivity index (χ0n) is 28.5. The summed E-state index contributed by atoms with van der Waals surface area (Å²) in [4.78, 5) is 49.3. The third-order valence-corrected chi connectivity index (χ3v) is 12.2. The van der Waals surface area contributed by atoms with Crippen LogP contribution in [0.1, 0.15) is 55.7 Å². The topological polar surface area (TPSA) is 120 Å². The van der Waals surface area contributed by atoms with Gasteiger partial charge in [0.05, 0.1) is 16.9 Å². The molecule has 10 nitrogen and oxygen atoms in total. The molecule has 0 bridgehead atoms. The fraction of sp³-hybridized carbons (Fsp3) is 0.528. The second kappa shape index (κ2) is 15.7. The van der Waals surface area contributed by atoms with Crippen LogP contribution >= 0.6 is 31.9 Å². The maximum absolute atomic E-state index is 14.1. The van der Waals surface area contributed by atoms with E-state index < -0.39 is 23.5 Å². The maximum atomic E-state index is 14.1. The normalized spacial score (nSPS) is 19.3. The minimum Gasteiger partial charge on any atom is -0.397 e. The Kier molecular flexibility index (Phi) is 11.6. The first-order valence-corrected chi connectivity index (χ1v) is 19.1. The molecular weight excluding hydrogens is 795 g/mol. The number of carbonyl (C=O) groups is 2. The van der Waals surface area contributed by atoms with Crippen LogP contribution in [0.25, 0.3) is 11.3 Å². The van der Waals surface area contributed by atoms with Gasteiger partial charge in [-0.2, -0.15) is 13.2 Å². The number of alkyl halides is 3. The Morgan fingerprint density at radius 1 is 0.922 bits per heavy atom. The van der Waals surface area contributed by atoms with Crippen LogP contribution in [0, 0.1) is 11.8 Å². The molecule has 4 heterocycles. The Balaban J connectivity index is 1.10. The number of benzene rings is 2. The predicted molar refractivity (Wildman–Crippen MR) is 197 cm³/mol. The number of nitrogen functional groups attached to an aromatic ring is 1. The molecule has 0 radical (unpaired) electrons. The van der Waals surface area contributed by atoms with Crippen molar-refractivity contribution in [2.45, 2.75) is 63.2 Å². The third-order valence-electron chi connectivity index (χ3n) is 10.8. The van der Waals surface area contributed by atoms with Gasteiger partial charge >= 0.3 is 17.9 Å². The number of urea groups is 1. The van der Waals surface area contributed by atoms with Crippen molar-refractivity contribution in [3.63, 3.8) is 0 Å². The van der Waals surface area contributed by atoms with Gasteiger partial charge in [-0.1, -0.05) is 12.1 Å². The fourth-order valence-electron chi connectivity index (χ4n) is 7.78. The maximum Gasteiger partial charge on any atom is 0.416 e. The number of aromatic nitrogens is 2. The highest BCUT2D eigenvalue weighted by molar-refractivity contribution is 9.11. The number of anilines is 1. The van der Waals surface area contributed by atoms with Gasteiger partial charge in [0.1, 0.15) is 6.04 Å². The van der Waals surface area contributed by atoms with E-state index in [2.05, 4.69) is 54.1 Å². The summed E-state index contributed by atoms with van der Waals surface area (Å²) in [5.41, 5.74) is 6.85. The van der Waals surface area contributed by atoms with Crippen LogP contribution in [0.3, 0.4) is 0 Å². The number of halogens is 5. The van der Waals surface area contributed by atoms with E-state index in [1.54, 1.807) is 11.1 Å². The number of nitrogens with two attached hydrogens (primary N) is 1. The number of H-pyrrole nitrogens is 1. The summed E-state index contributed by atoms with van der Waals surface area (Å²) in [6.07, 6.45) is 2.57. The Hall–Kier alpha value is -3.30. The highest BCUT2D eigenvalue weighted by Gasteiger charge is 2.35. The molecule has 3 aliphatic rings. The zero-order chi connectivity index (χ0) is 36.4. The lowest BCUT2D eigenvalue weighted by Crippen LogP contribution is -2.55. The number of carbonyl (C=O) groups excluding carboxylic acids is 2. The number of hydrogen-bond acceptors (Lipinski definition) is 5. The van der Waals surface area contributed by atoms with Crippen molar-refractivity contribution in [2.24, 2.45) is 11.8 Å². The average molecular weight is 840 g/mol. The first kappa shape index (κ1) is 37.5. The summed E-state index contributed by atoms with van der Waals surface area (Å²) in [6.45, 7) is 4.24. The van der Waals surface area contributed by atoms with Crippen LogP contribution in [0.15, 0.2) is 56.3 Å². The predicted octanol–water partition coefficient (Wildman–Crippen LogP) is 6.51. The lowest BCUT2D eigenvalue weighted by atomic mass is 9.79. The summed E-state index contributed by atoms with van der Waals surface area (Å²) in [5, 5.41) is 3.04. The van der Waals surface area contributed by atoms with Gasteiger partial charge in [0.15, 0.2) is 0 Å². The minimum absolute atomic E-state index is 0.106. The molecule has 0 saturated carbocycles. The van der Waals surface area contributed by atoms with Gasteiger partial charge in [0.2, 0.25) is 5.91 Å². The summed E-state index contributed by atoms with van der Waals surface area (Å²) < 4.78 is 42.7. The Bertz CT molecular complexity index is 1750. The molecule has 0 spiro atoms. The summed E-state index contributed by atoms with van der Waals surface area (Å²) in [5.74, 6) is 1.19. The molecule has 4 N–H and O–H groups in total. The van der Waals surface area contributed by atoms with E-state index in [0.29, 0.717) is 71.2 Å². The van der Waals surface area contributed by atoms with E-state index >= 15 is 0 Å². The van der Waals surface area contributed by atoms with Gasteiger partial charge in [-0.25, -0.2) is 9.59 Å².